The Morgan fingerprint density at radius 2 is 1.89 bits per heavy atom. The molecule has 1 saturated heterocycles. The number of pyridine rings is 1. The van der Waals surface area contributed by atoms with Crippen LogP contribution in [0.3, 0.4) is 0 Å². The predicted molar refractivity (Wildman–Crippen MR) is 109 cm³/mol. The number of rotatable bonds is 5. The van der Waals surface area contributed by atoms with Crippen molar-refractivity contribution >= 4 is 17.5 Å². The first-order valence-corrected chi connectivity index (χ1v) is 9.77. The molecular weight excluding hydrogens is 372 g/mol. The molecule has 3 aromatic rings. The number of carbonyl (C=O) groups is 1. The third kappa shape index (κ3) is 4.18. The molecule has 2 aromatic carbocycles. The van der Waals surface area contributed by atoms with Gasteiger partial charge in [0.05, 0.1) is 6.04 Å². The number of hydrogen-bond donors (Lipinski definition) is 0. The predicted octanol–water partition coefficient (Wildman–Crippen LogP) is 5.29. The van der Waals surface area contributed by atoms with E-state index >= 15 is 0 Å². The smallest absolute Gasteiger partial charge is 0.254 e. The van der Waals surface area contributed by atoms with Crippen LogP contribution in [0, 0.1) is 0 Å². The molecule has 1 unspecified atom stereocenters. The van der Waals surface area contributed by atoms with E-state index in [-0.39, 0.29) is 11.9 Å². The summed E-state index contributed by atoms with van der Waals surface area (Å²) in [5.74, 6) is 0.785. The minimum Gasteiger partial charge on any atom is -0.489 e. The molecule has 1 amide bonds. The molecule has 1 aliphatic rings. The molecule has 0 N–H and O–H groups in total. The van der Waals surface area contributed by atoms with Gasteiger partial charge in [-0.3, -0.25) is 9.78 Å². The van der Waals surface area contributed by atoms with Gasteiger partial charge in [0.25, 0.3) is 5.91 Å². The van der Waals surface area contributed by atoms with E-state index in [1.54, 1.807) is 12.4 Å². The minimum absolute atomic E-state index is 0.0521. The Kier molecular flexibility index (Phi) is 5.58. The molecule has 0 spiro atoms. The number of ether oxygens (including phenoxy) is 1. The highest BCUT2D eigenvalue weighted by molar-refractivity contribution is 6.30. The molecule has 5 heteroatoms. The van der Waals surface area contributed by atoms with E-state index in [0.717, 1.165) is 36.3 Å². The van der Waals surface area contributed by atoms with Gasteiger partial charge in [-0.2, -0.15) is 0 Å². The van der Waals surface area contributed by atoms with Crippen LogP contribution >= 0.6 is 11.6 Å². The molecule has 1 aliphatic heterocycles. The molecule has 1 fully saturated rings. The molecule has 4 nitrogen and oxygen atoms in total. The third-order valence-electron chi connectivity index (χ3n) is 5.00. The summed E-state index contributed by atoms with van der Waals surface area (Å²) in [4.78, 5) is 19.1. The fraction of sp³-hybridized carbons (Fsp3) is 0.217. The fourth-order valence-electron chi connectivity index (χ4n) is 3.55. The van der Waals surface area contributed by atoms with Crippen molar-refractivity contribution in [3.63, 3.8) is 0 Å². The third-order valence-corrected chi connectivity index (χ3v) is 5.25. The first kappa shape index (κ1) is 18.5. The number of hydrogen-bond acceptors (Lipinski definition) is 3. The van der Waals surface area contributed by atoms with Crippen LogP contribution in [0.5, 0.6) is 5.75 Å². The standard InChI is InChI=1S/C23H21ClN2O2/c24-20-9-5-18(6-10-20)22-4-2-14-26(22)23(27)19-7-11-21(12-8-19)28-16-17-3-1-13-25-15-17/h1,3,5-13,15,22H,2,4,14,16H2. The van der Waals surface area contributed by atoms with E-state index in [9.17, 15) is 4.79 Å². The van der Waals surface area contributed by atoms with Gasteiger partial charge < -0.3 is 9.64 Å². The number of benzene rings is 2. The largest absolute Gasteiger partial charge is 0.489 e. The van der Waals surface area contributed by atoms with Crippen LogP contribution in [0.2, 0.25) is 5.02 Å². The second kappa shape index (κ2) is 8.44. The minimum atomic E-state index is 0.0521. The Bertz CT molecular complexity index is 927. The Labute approximate surface area is 169 Å². The van der Waals surface area contributed by atoms with E-state index in [1.807, 2.05) is 65.6 Å². The van der Waals surface area contributed by atoms with Crippen molar-refractivity contribution < 1.29 is 9.53 Å². The summed E-state index contributed by atoms with van der Waals surface area (Å²) in [5.41, 5.74) is 2.81. The molecule has 2 heterocycles. The summed E-state index contributed by atoms with van der Waals surface area (Å²) < 4.78 is 5.78. The lowest BCUT2D eigenvalue weighted by atomic mass is 10.0. The zero-order valence-electron chi connectivity index (χ0n) is 15.4. The summed E-state index contributed by atoms with van der Waals surface area (Å²) in [6.45, 7) is 1.22. The average molecular weight is 393 g/mol. The van der Waals surface area contributed by atoms with Crippen LogP contribution in [0.25, 0.3) is 0 Å². The molecule has 1 aromatic heterocycles. The lowest BCUT2D eigenvalue weighted by Gasteiger charge is -2.25. The van der Waals surface area contributed by atoms with Crippen LogP contribution in [-0.2, 0) is 6.61 Å². The van der Waals surface area contributed by atoms with Crippen molar-refractivity contribution in [2.24, 2.45) is 0 Å². The molecule has 0 aliphatic carbocycles. The quantitative estimate of drug-likeness (QED) is 0.592. The summed E-state index contributed by atoms with van der Waals surface area (Å²) in [6.07, 6.45) is 5.49. The van der Waals surface area contributed by atoms with Crippen molar-refractivity contribution in [2.45, 2.75) is 25.5 Å². The van der Waals surface area contributed by atoms with E-state index < -0.39 is 0 Å². The van der Waals surface area contributed by atoms with Crippen LogP contribution in [0.15, 0.2) is 73.1 Å². The van der Waals surface area contributed by atoms with Crippen molar-refractivity contribution in [3.05, 3.63) is 94.8 Å². The topological polar surface area (TPSA) is 42.4 Å². The maximum Gasteiger partial charge on any atom is 0.254 e. The summed E-state index contributed by atoms with van der Waals surface area (Å²) in [5, 5.41) is 0.710. The highest BCUT2D eigenvalue weighted by atomic mass is 35.5. The first-order valence-electron chi connectivity index (χ1n) is 9.39. The molecule has 1 atom stereocenters. The highest BCUT2D eigenvalue weighted by Crippen LogP contribution is 2.33. The Morgan fingerprint density at radius 1 is 1.11 bits per heavy atom. The molecule has 4 rings (SSSR count). The van der Waals surface area contributed by atoms with Gasteiger partial charge in [0.15, 0.2) is 0 Å². The SMILES string of the molecule is O=C(c1ccc(OCc2cccnc2)cc1)N1CCCC1c1ccc(Cl)cc1. The number of nitrogens with zero attached hydrogens (tertiary/aromatic N) is 2. The zero-order chi connectivity index (χ0) is 19.3. The van der Waals surface area contributed by atoms with Crippen molar-refractivity contribution in [3.8, 4) is 5.75 Å². The molecule has 28 heavy (non-hydrogen) atoms. The van der Waals surface area contributed by atoms with E-state index in [2.05, 4.69) is 4.98 Å². The van der Waals surface area contributed by atoms with Gasteiger partial charge in [-0.05, 0) is 60.9 Å². The van der Waals surface area contributed by atoms with E-state index in [4.69, 9.17) is 16.3 Å². The molecule has 0 radical (unpaired) electrons. The normalized spacial score (nSPS) is 16.2. The number of carbonyl (C=O) groups excluding carboxylic acids is 1. The van der Waals surface area contributed by atoms with Gasteiger partial charge in [-0.25, -0.2) is 0 Å². The Hall–Kier alpha value is -2.85. The summed E-state index contributed by atoms with van der Waals surface area (Å²) >= 11 is 6.00. The summed E-state index contributed by atoms with van der Waals surface area (Å²) in [7, 11) is 0. The first-order chi connectivity index (χ1) is 13.7. The van der Waals surface area contributed by atoms with Crippen molar-refractivity contribution in [1.29, 1.82) is 0 Å². The zero-order valence-corrected chi connectivity index (χ0v) is 16.2. The Morgan fingerprint density at radius 3 is 2.61 bits per heavy atom. The van der Waals surface area contributed by atoms with Gasteiger partial charge in [0.2, 0.25) is 0 Å². The van der Waals surface area contributed by atoms with Crippen molar-refractivity contribution in [2.75, 3.05) is 6.54 Å². The van der Waals surface area contributed by atoms with Gasteiger partial charge in [0, 0.05) is 35.1 Å². The maximum atomic E-state index is 13.0. The number of amides is 1. The van der Waals surface area contributed by atoms with E-state index in [0.29, 0.717) is 17.2 Å². The number of aromatic nitrogens is 1. The lowest BCUT2D eigenvalue weighted by Crippen LogP contribution is -2.30. The second-order valence-corrected chi connectivity index (χ2v) is 7.32. The van der Waals surface area contributed by atoms with Crippen LogP contribution < -0.4 is 4.74 Å². The molecule has 0 saturated carbocycles. The van der Waals surface area contributed by atoms with Gasteiger partial charge >= 0.3 is 0 Å². The lowest BCUT2D eigenvalue weighted by molar-refractivity contribution is 0.0735. The van der Waals surface area contributed by atoms with Crippen LogP contribution in [0.4, 0.5) is 0 Å². The second-order valence-electron chi connectivity index (χ2n) is 6.88. The number of likely N-dealkylation sites (tertiary alicyclic amines) is 1. The molecule has 142 valence electrons. The molecular formula is C23H21ClN2O2. The van der Waals surface area contributed by atoms with Gasteiger partial charge in [0.1, 0.15) is 12.4 Å². The van der Waals surface area contributed by atoms with Crippen LogP contribution in [-0.4, -0.2) is 22.3 Å². The number of halogens is 1. The Balaban J connectivity index is 1.43. The van der Waals surface area contributed by atoms with Gasteiger partial charge in [-0.15, -0.1) is 0 Å². The fourth-order valence-corrected chi connectivity index (χ4v) is 3.68. The van der Waals surface area contributed by atoms with Crippen LogP contribution in [0.1, 0.15) is 40.4 Å². The van der Waals surface area contributed by atoms with Gasteiger partial charge in [-0.1, -0.05) is 29.8 Å². The van der Waals surface area contributed by atoms with Crippen molar-refractivity contribution in [1.82, 2.24) is 9.88 Å². The highest BCUT2D eigenvalue weighted by Gasteiger charge is 2.30. The average Bonchev–Trinajstić information content (AvgIpc) is 3.23. The van der Waals surface area contributed by atoms with E-state index in [1.165, 1.54) is 0 Å². The maximum absolute atomic E-state index is 13.0. The monoisotopic (exact) mass is 392 g/mol. The summed E-state index contributed by atoms with van der Waals surface area (Å²) in [6, 6.07) is 19.1. The molecule has 0 bridgehead atoms.